The van der Waals surface area contributed by atoms with Gasteiger partial charge in [-0.05, 0) is 51.4 Å². The highest BCUT2D eigenvalue weighted by atomic mass is 16.6. The van der Waals surface area contributed by atoms with Gasteiger partial charge in [-0.1, -0.05) is 61.1 Å². The monoisotopic (exact) mass is 514 g/mol. The number of hydrogen-bond donors (Lipinski definition) is 2. The van der Waals surface area contributed by atoms with Crippen molar-refractivity contribution in [2.45, 2.75) is 108 Å². The maximum Gasteiger partial charge on any atom is 0.330 e. The number of aliphatic hydroxyl groups excluding tert-OH is 2. The molecule has 1 fully saturated rings. The zero-order chi connectivity index (χ0) is 26.4. The smallest absolute Gasteiger partial charge is 0.330 e. The third-order valence-corrected chi connectivity index (χ3v) is 7.41. The number of fused-ring (bicyclic) bond motifs is 3. The van der Waals surface area contributed by atoms with E-state index in [9.17, 15) is 15.0 Å². The van der Waals surface area contributed by atoms with Crippen LogP contribution >= 0.6 is 0 Å². The summed E-state index contributed by atoms with van der Waals surface area (Å²) in [6.07, 6.45) is 14.2. The number of rotatable bonds is 3. The first-order chi connectivity index (χ1) is 17.8. The van der Waals surface area contributed by atoms with Gasteiger partial charge < -0.3 is 29.2 Å². The second kappa shape index (κ2) is 13.2. The first-order valence-electron chi connectivity index (χ1n) is 13.6. The lowest BCUT2D eigenvalue weighted by atomic mass is 9.91. The molecule has 2 unspecified atom stereocenters. The van der Waals surface area contributed by atoms with Crippen LogP contribution in [0.15, 0.2) is 60.3 Å². The molecule has 1 saturated heterocycles. The van der Waals surface area contributed by atoms with E-state index < -0.39 is 24.3 Å². The SMILES string of the molecule is C=C1C[C@H](C)C[C@@H]2CC=C[C@@H](CC=CC(=O)OC([C@@H](O)C=CC3C=C(C)CCO3)C[C@@H]3O[C@H]3[C@@H](O)C1)O2. The van der Waals surface area contributed by atoms with E-state index in [2.05, 4.69) is 26.5 Å². The van der Waals surface area contributed by atoms with Crippen molar-refractivity contribution in [1.29, 1.82) is 0 Å². The molecule has 7 heteroatoms. The second-order valence-electron chi connectivity index (χ2n) is 11.0. The number of ether oxygens (including phenoxy) is 4. The molecule has 0 saturated carbocycles. The van der Waals surface area contributed by atoms with E-state index in [1.807, 2.05) is 12.2 Å². The Bertz CT molecular complexity index is 919. The van der Waals surface area contributed by atoms with Gasteiger partial charge in [0.25, 0.3) is 0 Å². The van der Waals surface area contributed by atoms with Crippen molar-refractivity contribution in [3.8, 4) is 0 Å². The second-order valence-corrected chi connectivity index (χ2v) is 11.0. The Morgan fingerprint density at radius 3 is 2.81 bits per heavy atom. The number of aliphatic hydroxyl groups is 2. The number of carbonyl (C=O) groups excluding carboxylic acids is 1. The van der Waals surface area contributed by atoms with Crippen LogP contribution in [0.4, 0.5) is 0 Å². The maximum absolute atomic E-state index is 12.6. The Labute approximate surface area is 220 Å². The maximum atomic E-state index is 12.6. The Balaban J connectivity index is 1.45. The van der Waals surface area contributed by atoms with Gasteiger partial charge in [0, 0.05) is 12.5 Å². The molecule has 4 heterocycles. The number of epoxide rings is 1. The normalized spacial score (nSPS) is 38.8. The number of cyclic esters (lactones) is 1. The standard InChI is InChI=1S/C30H42O7/c1-19-12-13-34-23(15-19)10-11-25(31)27-18-28-30(37-28)26(32)17-21(3)14-20(2)16-24-8-4-6-22(35-24)7-5-9-29(33)36-27/h4-6,9-11,15,20,22-28,30-32H,3,7-8,12-14,16-18H2,1-2H3/t20-,22-,23?,24-,25-,26-,27?,28-,30-/m0/s1. The summed E-state index contributed by atoms with van der Waals surface area (Å²) in [4.78, 5) is 12.6. The van der Waals surface area contributed by atoms with E-state index in [1.54, 1.807) is 18.2 Å². The molecule has 2 N–H and O–H groups in total. The molecular formula is C30H42O7. The van der Waals surface area contributed by atoms with E-state index in [4.69, 9.17) is 18.9 Å². The molecule has 4 aliphatic heterocycles. The van der Waals surface area contributed by atoms with Crippen molar-refractivity contribution in [2.75, 3.05) is 6.61 Å². The number of hydrogen-bond acceptors (Lipinski definition) is 7. The molecule has 0 amide bonds. The Kier molecular flexibility index (Phi) is 9.96. The van der Waals surface area contributed by atoms with Gasteiger partial charge in [0.15, 0.2) is 0 Å². The minimum absolute atomic E-state index is 0.0872. The van der Waals surface area contributed by atoms with Crippen molar-refractivity contribution >= 4 is 5.97 Å². The van der Waals surface area contributed by atoms with Crippen molar-refractivity contribution in [3.05, 3.63) is 60.3 Å². The van der Waals surface area contributed by atoms with E-state index >= 15 is 0 Å². The minimum atomic E-state index is -1.04. The van der Waals surface area contributed by atoms with Crippen LogP contribution in [0, 0.1) is 5.92 Å². The summed E-state index contributed by atoms with van der Waals surface area (Å²) in [5, 5.41) is 21.7. The topological polar surface area (TPSA) is 97.8 Å². The molecule has 0 radical (unpaired) electrons. The van der Waals surface area contributed by atoms with Gasteiger partial charge >= 0.3 is 5.97 Å². The summed E-state index contributed by atoms with van der Waals surface area (Å²) < 4.78 is 23.3. The van der Waals surface area contributed by atoms with Crippen LogP contribution < -0.4 is 0 Å². The molecule has 0 aromatic carbocycles. The van der Waals surface area contributed by atoms with Crippen LogP contribution in [-0.4, -0.2) is 71.6 Å². The molecule has 0 aromatic rings. The first-order valence-corrected chi connectivity index (χ1v) is 13.6. The minimum Gasteiger partial charge on any atom is -0.456 e. The van der Waals surface area contributed by atoms with Gasteiger partial charge in [-0.3, -0.25) is 0 Å². The summed E-state index contributed by atoms with van der Waals surface area (Å²) in [7, 11) is 0. The first kappa shape index (κ1) is 28.0. The highest BCUT2D eigenvalue weighted by molar-refractivity contribution is 5.82. The van der Waals surface area contributed by atoms with Gasteiger partial charge in [0.1, 0.15) is 18.3 Å². The molecule has 9 atom stereocenters. The Morgan fingerprint density at radius 2 is 2.00 bits per heavy atom. The van der Waals surface area contributed by atoms with Gasteiger partial charge in [0.2, 0.25) is 0 Å². The predicted octanol–water partition coefficient (Wildman–Crippen LogP) is 4.11. The summed E-state index contributed by atoms with van der Waals surface area (Å²) in [5.41, 5.74) is 2.23. The summed E-state index contributed by atoms with van der Waals surface area (Å²) in [6.45, 7) is 9.07. The van der Waals surface area contributed by atoms with Crippen LogP contribution in [0.3, 0.4) is 0 Å². The zero-order valence-electron chi connectivity index (χ0n) is 22.0. The van der Waals surface area contributed by atoms with E-state index in [0.29, 0.717) is 25.4 Å². The molecule has 37 heavy (non-hydrogen) atoms. The summed E-state index contributed by atoms with van der Waals surface area (Å²) in [6, 6.07) is 0. The van der Waals surface area contributed by atoms with Crippen LogP contribution in [-0.2, 0) is 23.7 Å². The lowest BCUT2D eigenvalue weighted by Crippen LogP contribution is -2.32. The van der Waals surface area contributed by atoms with Crippen LogP contribution in [0.1, 0.15) is 58.8 Å². The largest absolute Gasteiger partial charge is 0.456 e. The van der Waals surface area contributed by atoms with E-state index in [1.165, 1.54) is 11.6 Å². The molecule has 0 aromatic heterocycles. The molecular weight excluding hydrogens is 472 g/mol. The highest BCUT2D eigenvalue weighted by Gasteiger charge is 2.46. The average Bonchev–Trinajstić information content (AvgIpc) is 3.61. The van der Waals surface area contributed by atoms with Crippen molar-refractivity contribution in [2.24, 2.45) is 5.92 Å². The van der Waals surface area contributed by atoms with Gasteiger partial charge in [-0.2, -0.15) is 0 Å². The lowest BCUT2D eigenvalue weighted by Gasteiger charge is -2.28. The fourth-order valence-electron chi connectivity index (χ4n) is 5.42. The molecule has 4 aliphatic rings. The van der Waals surface area contributed by atoms with Gasteiger partial charge in [-0.15, -0.1) is 0 Å². The molecule has 0 aliphatic carbocycles. The van der Waals surface area contributed by atoms with Crippen molar-refractivity contribution in [1.82, 2.24) is 0 Å². The third kappa shape index (κ3) is 8.76. The molecule has 204 valence electrons. The predicted molar refractivity (Wildman–Crippen MR) is 141 cm³/mol. The molecule has 2 bridgehead atoms. The van der Waals surface area contributed by atoms with Crippen molar-refractivity contribution < 1.29 is 34.0 Å². The average molecular weight is 515 g/mol. The summed E-state index contributed by atoms with van der Waals surface area (Å²) in [5.74, 6) is -0.144. The fraction of sp³-hybridized carbons (Fsp3) is 0.633. The van der Waals surface area contributed by atoms with Crippen molar-refractivity contribution in [3.63, 3.8) is 0 Å². The van der Waals surface area contributed by atoms with E-state index in [-0.39, 0.29) is 36.9 Å². The summed E-state index contributed by atoms with van der Waals surface area (Å²) >= 11 is 0. The molecule has 7 nitrogen and oxygen atoms in total. The van der Waals surface area contributed by atoms with Gasteiger partial charge in [-0.25, -0.2) is 4.79 Å². The van der Waals surface area contributed by atoms with Gasteiger partial charge in [0.05, 0.1) is 37.1 Å². The quantitative estimate of drug-likeness (QED) is 0.332. The molecule has 0 spiro atoms. The highest BCUT2D eigenvalue weighted by Crippen LogP contribution is 2.34. The lowest BCUT2D eigenvalue weighted by molar-refractivity contribution is -0.148. The Morgan fingerprint density at radius 1 is 1.16 bits per heavy atom. The zero-order valence-corrected chi connectivity index (χ0v) is 22.0. The Hall–Kier alpha value is -2.03. The van der Waals surface area contributed by atoms with Crippen LogP contribution in [0.5, 0.6) is 0 Å². The van der Waals surface area contributed by atoms with E-state index in [0.717, 1.165) is 31.3 Å². The molecule has 4 rings (SSSR count). The number of esters is 1. The fourth-order valence-corrected chi connectivity index (χ4v) is 5.42. The number of carbonyl (C=O) groups is 1. The van der Waals surface area contributed by atoms with Crippen LogP contribution in [0.25, 0.3) is 0 Å². The van der Waals surface area contributed by atoms with Crippen LogP contribution in [0.2, 0.25) is 0 Å². The third-order valence-electron chi connectivity index (χ3n) is 7.41.